The number of nitrogens with two attached hydrogens (primary N) is 1. The summed E-state index contributed by atoms with van der Waals surface area (Å²) in [5.74, 6) is 0.620. The van der Waals surface area contributed by atoms with Crippen molar-refractivity contribution in [2.24, 2.45) is 0 Å². The summed E-state index contributed by atoms with van der Waals surface area (Å²) in [6, 6.07) is 20.4. The fourth-order valence-electron chi connectivity index (χ4n) is 4.33. The number of nitrogen functional groups attached to an aromatic ring is 1. The van der Waals surface area contributed by atoms with Gasteiger partial charge in [0.1, 0.15) is 12.0 Å². The largest absolute Gasteiger partial charge is 0.508 e. The number of aromatic hydroxyl groups is 1. The van der Waals surface area contributed by atoms with Crippen molar-refractivity contribution in [3.8, 4) is 17.2 Å². The second-order valence-electron chi connectivity index (χ2n) is 9.43. The maximum atomic E-state index is 13.2. The van der Waals surface area contributed by atoms with Crippen molar-refractivity contribution in [3.63, 3.8) is 0 Å². The van der Waals surface area contributed by atoms with Gasteiger partial charge in [0, 0.05) is 48.6 Å². The molecule has 1 aliphatic heterocycles. The lowest BCUT2D eigenvalue weighted by Crippen LogP contribution is -2.24. The van der Waals surface area contributed by atoms with Gasteiger partial charge in [-0.05, 0) is 72.3 Å². The number of fused-ring (bicyclic) bond motifs is 1. The Kier molecular flexibility index (Phi) is 7.85. The number of phenolic OH excluding ortho intramolecular Hbond substituents is 1. The maximum Gasteiger partial charge on any atom is 0.250 e. The monoisotopic (exact) mass is 585 g/mol. The topological polar surface area (TPSA) is 148 Å². The third kappa shape index (κ3) is 5.91. The van der Waals surface area contributed by atoms with E-state index in [9.17, 15) is 23.1 Å². The van der Waals surface area contributed by atoms with Gasteiger partial charge < -0.3 is 35.3 Å². The molecule has 0 aliphatic carbocycles. The molecule has 0 spiro atoms. The normalized spacial score (nSPS) is 12.3. The van der Waals surface area contributed by atoms with Crippen LogP contribution < -0.4 is 25.4 Å². The van der Waals surface area contributed by atoms with Crippen molar-refractivity contribution in [3.05, 3.63) is 96.1 Å². The minimum atomic E-state index is -3.74. The van der Waals surface area contributed by atoms with Crippen molar-refractivity contribution < 1.29 is 32.6 Å². The Morgan fingerprint density at radius 3 is 2.29 bits per heavy atom. The van der Waals surface area contributed by atoms with E-state index in [-0.39, 0.29) is 34.7 Å². The fourth-order valence-corrected chi connectivity index (χ4v) is 5.59. The second kappa shape index (κ2) is 11.7. The lowest BCUT2D eigenvalue weighted by atomic mass is 10.1. The lowest BCUT2D eigenvalue weighted by Gasteiger charge is -2.21. The summed E-state index contributed by atoms with van der Waals surface area (Å²) < 4.78 is 37.1. The number of ether oxygens (including phenoxy) is 2. The smallest absolute Gasteiger partial charge is 0.250 e. The molecular weight excluding hydrogens is 558 g/mol. The molecule has 1 aliphatic rings. The van der Waals surface area contributed by atoms with Crippen LogP contribution in [-0.2, 0) is 25.8 Å². The third-order valence-electron chi connectivity index (χ3n) is 6.64. The molecule has 1 amide bonds. The average molecular weight is 586 g/mol. The van der Waals surface area contributed by atoms with Crippen molar-refractivity contribution >= 4 is 50.9 Å². The van der Waals surface area contributed by atoms with Gasteiger partial charge in [-0.2, -0.15) is 0 Å². The van der Waals surface area contributed by atoms with E-state index in [4.69, 9.17) is 15.2 Å². The van der Waals surface area contributed by atoms with Gasteiger partial charge in [-0.25, -0.2) is 8.42 Å². The van der Waals surface area contributed by atoms with Crippen LogP contribution in [0.4, 0.5) is 22.7 Å². The van der Waals surface area contributed by atoms with Gasteiger partial charge in [-0.3, -0.25) is 4.79 Å². The van der Waals surface area contributed by atoms with Crippen LogP contribution in [0.3, 0.4) is 0 Å². The first kappa shape index (κ1) is 28.2. The number of carbonyl (C=O) groups is 2. The Bertz CT molecular complexity index is 1780. The zero-order valence-corrected chi connectivity index (χ0v) is 23.3. The first-order valence-corrected chi connectivity index (χ1v) is 14.3. The summed E-state index contributed by atoms with van der Waals surface area (Å²) in [6.07, 6.45) is 3.72. The van der Waals surface area contributed by atoms with Gasteiger partial charge >= 0.3 is 0 Å². The van der Waals surface area contributed by atoms with Crippen molar-refractivity contribution in [1.82, 2.24) is 0 Å². The van der Waals surface area contributed by atoms with E-state index in [1.807, 2.05) is 0 Å². The van der Waals surface area contributed by atoms with Crippen LogP contribution in [0.5, 0.6) is 17.2 Å². The number of phenols is 1. The average Bonchev–Trinajstić information content (AvgIpc) is 3.45. The van der Waals surface area contributed by atoms with Crippen LogP contribution in [0.2, 0.25) is 0 Å². The number of nitrogens with zero attached hydrogens (tertiary/aromatic N) is 1. The molecule has 1 heterocycles. The van der Waals surface area contributed by atoms with Crippen molar-refractivity contribution in [1.29, 1.82) is 0 Å². The number of sulfone groups is 1. The first-order chi connectivity index (χ1) is 20.2. The molecule has 4 aromatic rings. The number of aldehydes is 1. The van der Waals surface area contributed by atoms with Crippen LogP contribution in [-0.4, -0.2) is 39.6 Å². The molecule has 0 saturated heterocycles. The summed E-state index contributed by atoms with van der Waals surface area (Å²) in [7, 11) is -2.13. The van der Waals surface area contributed by atoms with Crippen LogP contribution in [0, 0.1) is 0 Å². The highest BCUT2D eigenvalue weighted by Gasteiger charge is 2.22. The minimum absolute atomic E-state index is 0.00894. The summed E-state index contributed by atoms with van der Waals surface area (Å²) in [5.41, 5.74) is 8.84. The van der Waals surface area contributed by atoms with Crippen LogP contribution >= 0.6 is 0 Å². The molecule has 5 rings (SSSR count). The van der Waals surface area contributed by atoms with E-state index in [2.05, 4.69) is 5.32 Å². The van der Waals surface area contributed by atoms with Crippen molar-refractivity contribution in [2.75, 3.05) is 29.8 Å². The SMILES string of the molecule is CN(C(=O)/C=C/c1ccc(O)c(CC=O)c1)c1cc2c(cc1Nc1ccc(S(=O)(=O)c3ccc(N)cc3)cc1)OCO2. The van der Waals surface area contributed by atoms with E-state index in [0.717, 1.165) is 0 Å². The molecule has 0 aromatic heterocycles. The zero-order chi connectivity index (χ0) is 29.9. The van der Waals surface area contributed by atoms with Gasteiger partial charge in [0.2, 0.25) is 16.6 Å². The van der Waals surface area contributed by atoms with E-state index in [0.29, 0.717) is 51.7 Å². The number of hydrogen-bond donors (Lipinski definition) is 3. The van der Waals surface area contributed by atoms with Crippen LogP contribution in [0.1, 0.15) is 11.1 Å². The molecular formula is C31H27N3O7S. The highest BCUT2D eigenvalue weighted by molar-refractivity contribution is 7.91. The standard InChI is InChI=1S/C31H27N3O7S/c1-34(31(37)13-3-20-2-12-28(36)21(16-20)14-15-35)27-18-30-29(40-19-41-30)17-26(27)33-23-6-10-25(11-7-23)42(38,39)24-8-4-22(32)5-9-24/h2-13,15-18,33,36H,14,19,32H2,1H3/b13-3+. The molecule has 42 heavy (non-hydrogen) atoms. The number of nitrogens with one attached hydrogen (secondary N) is 1. The number of amides is 1. The fraction of sp³-hybridized carbons (Fsp3) is 0.0968. The highest BCUT2D eigenvalue weighted by atomic mass is 32.2. The Hall–Kier alpha value is -5.29. The van der Waals surface area contributed by atoms with Crippen molar-refractivity contribution in [2.45, 2.75) is 16.2 Å². The molecule has 11 heteroatoms. The van der Waals surface area contributed by atoms with Crippen LogP contribution in [0.15, 0.2) is 94.7 Å². The highest BCUT2D eigenvalue weighted by Crippen LogP contribution is 2.42. The predicted octanol–water partition coefficient (Wildman–Crippen LogP) is 4.70. The summed E-state index contributed by atoms with van der Waals surface area (Å²) in [4.78, 5) is 25.7. The number of hydrogen-bond acceptors (Lipinski definition) is 9. The van der Waals surface area contributed by atoms with E-state index < -0.39 is 9.84 Å². The molecule has 0 atom stereocenters. The van der Waals surface area contributed by atoms with Gasteiger partial charge in [0.05, 0.1) is 21.2 Å². The Morgan fingerprint density at radius 2 is 1.62 bits per heavy atom. The van der Waals surface area contributed by atoms with E-state index in [1.165, 1.54) is 53.4 Å². The zero-order valence-electron chi connectivity index (χ0n) is 22.5. The first-order valence-electron chi connectivity index (χ1n) is 12.8. The molecule has 0 bridgehead atoms. The predicted molar refractivity (Wildman–Crippen MR) is 159 cm³/mol. The summed E-state index contributed by atoms with van der Waals surface area (Å²) >= 11 is 0. The third-order valence-corrected chi connectivity index (χ3v) is 8.43. The molecule has 0 unspecified atom stereocenters. The quantitative estimate of drug-likeness (QED) is 0.144. The summed E-state index contributed by atoms with van der Waals surface area (Å²) in [6.45, 7) is 0.0391. The molecule has 4 N–H and O–H groups in total. The number of carbonyl (C=O) groups excluding carboxylic acids is 2. The number of rotatable bonds is 9. The second-order valence-corrected chi connectivity index (χ2v) is 11.4. The molecule has 10 nitrogen and oxygen atoms in total. The van der Waals surface area contributed by atoms with Gasteiger partial charge in [0.15, 0.2) is 11.5 Å². The Balaban J connectivity index is 1.39. The van der Waals surface area contributed by atoms with Gasteiger partial charge in [-0.15, -0.1) is 0 Å². The molecule has 0 radical (unpaired) electrons. The lowest BCUT2D eigenvalue weighted by molar-refractivity contribution is -0.113. The number of benzene rings is 4. The number of anilines is 4. The molecule has 4 aromatic carbocycles. The Labute approximate surface area is 242 Å². The Morgan fingerprint density at radius 1 is 0.976 bits per heavy atom. The minimum Gasteiger partial charge on any atom is -0.508 e. The summed E-state index contributed by atoms with van der Waals surface area (Å²) in [5, 5.41) is 13.1. The van der Waals surface area contributed by atoms with E-state index >= 15 is 0 Å². The number of likely N-dealkylation sites (N-methyl/N-ethyl adjacent to an activating group) is 1. The van der Waals surface area contributed by atoms with Crippen LogP contribution in [0.25, 0.3) is 6.08 Å². The maximum absolute atomic E-state index is 13.2. The molecule has 214 valence electrons. The van der Waals surface area contributed by atoms with E-state index in [1.54, 1.807) is 49.5 Å². The molecule has 0 fully saturated rings. The molecule has 0 saturated carbocycles. The van der Waals surface area contributed by atoms with Gasteiger partial charge in [0.25, 0.3) is 5.91 Å². The van der Waals surface area contributed by atoms with Gasteiger partial charge in [-0.1, -0.05) is 6.07 Å².